The Morgan fingerprint density at radius 2 is 1.57 bits per heavy atom. The fourth-order valence-electron chi connectivity index (χ4n) is 4.52. The van der Waals surface area contributed by atoms with Gasteiger partial charge in [0.05, 0.1) is 12.0 Å². The van der Waals surface area contributed by atoms with E-state index < -0.39 is 0 Å². The lowest BCUT2D eigenvalue weighted by Crippen LogP contribution is -2.55. The molecule has 0 radical (unpaired) electrons. The van der Waals surface area contributed by atoms with E-state index in [1.165, 1.54) is 11.1 Å². The van der Waals surface area contributed by atoms with Crippen molar-refractivity contribution in [2.24, 2.45) is 5.92 Å². The molecule has 0 aromatic heterocycles. The van der Waals surface area contributed by atoms with Gasteiger partial charge in [-0.25, -0.2) is 0 Å². The Balaban J connectivity index is 1.36. The first-order chi connectivity index (χ1) is 14.7. The van der Waals surface area contributed by atoms with Gasteiger partial charge in [0.2, 0.25) is 5.91 Å². The number of carbonyl (C=O) groups excluding carboxylic acids is 2. The lowest BCUT2D eigenvalue weighted by atomic mass is 9.93. The van der Waals surface area contributed by atoms with Crippen LogP contribution in [0.15, 0.2) is 60.7 Å². The van der Waals surface area contributed by atoms with Crippen molar-refractivity contribution < 1.29 is 14.3 Å². The molecule has 0 N–H and O–H groups in total. The summed E-state index contributed by atoms with van der Waals surface area (Å²) in [5.41, 5.74) is 2.49. The van der Waals surface area contributed by atoms with Crippen molar-refractivity contribution >= 4 is 11.9 Å². The third-order valence-corrected chi connectivity index (χ3v) is 6.16. The zero-order valence-corrected chi connectivity index (χ0v) is 17.6. The van der Waals surface area contributed by atoms with Gasteiger partial charge in [-0.05, 0) is 24.0 Å². The molecule has 0 spiro atoms. The molecule has 0 aliphatic carbocycles. The SMILES string of the molecule is CCC(=O)N1CCCC(C(=O)OC2CN(C(c3ccccc3)c3ccccc3)C2)C1. The number of nitrogens with zero attached hydrogens (tertiary/aromatic N) is 2. The first-order valence-corrected chi connectivity index (χ1v) is 11.0. The number of piperidine rings is 1. The maximum atomic E-state index is 12.7. The van der Waals surface area contributed by atoms with Crippen LogP contribution < -0.4 is 0 Å². The van der Waals surface area contributed by atoms with E-state index in [1.807, 2.05) is 24.0 Å². The normalized spacial score (nSPS) is 20.1. The first-order valence-electron chi connectivity index (χ1n) is 11.0. The summed E-state index contributed by atoms with van der Waals surface area (Å²) in [7, 11) is 0. The zero-order chi connectivity index (χ0) is 20.9. The van der Waals surface area contributed by atoms with Crippen LogP contribution in [0.2, 0.25) is 0 Å². The van der Waals surface area contributed by atoms with Crippen LogP contribution in [0.5, 0.6) is 0 Å². The minimum atomic E-state index is -0.192. The van der Waals surface area contributed by atoms with Crippen LogP contribution in [-0.4, -0.2) is 54.0 Å². The Labute approximate surface area is 178 Å². The van der Waals surface area contributed by atoms with E-state index in [9.17, 15) is 9.59 Å². The van der Waals surface area contributed by atoms with E-state index >= 15 is 0 Å². The number of rotatable bonds is 6. The highest BCUT2D eigenvalue weighted by Gasteiger charge is 2.38. The van der Waals surface area contributed by atoms with Crippen molar-refractivity contribution in [1.29, 1.82) is 0 Å². The molecule has 5 nitrogen and oxygen atoms in total. The second-order valence-corrected chi connectivity index (χ2v) is 8.27. The van der Waals surface area contributed by atoms with Crippen molar-refractivity contribution in [2.75, 3.05) is 26.2 Å². The molecule has 0 bridgehead atoms. The van der Waals surface area contributed by atoms with Gasteiger partial charge in [-0.3, -0.25) is 14.5 Å². The summed E-state index contributed by atoms with van der Waals surface area (Å²) in [5.74, 6) is -0.220. The molecule has 1 amide bonds. The van der Waals surface area contributed by atoms with Gasteiger partial charge in [-0.2, -0.15) is 0 Å². The largest absolute Gasteiger partial charge is 0.459 e. The van der Waals surface area contributed by atoms with Gasteiger partial charge < -0.3 is 9.64 Å². The van der Waals surface area contributed by atoms with Crippen LogP contribution in [0.4, 0.5) is 0 Å². The molecule has 30 heavy (non-hydrogen) atoms. The lowest BCUT2D eigenvalue weighted by Gasteiger charge is -2.44. The molecule has 1 atom stereocenters. The maximum absolute atomic E-state index is 12.7. The van der Waals surface area contributed by atoms with Gasteiger partial charge in [0.1, 0.15) is 6.10 Å². The van der Waals surface area contributed by atoms with E-state index in [-0.39, 0.29) is 29.9 Å². The van der Waals surface area contributed by atoms with Crippen LogP contribution in [-0.2, 0) is 14.3 Å². The highest BCUT2D eigenvalue weighted by molar-refractivity contribution is 5.78. The van der Waals surface area contributed by atoms with Crippen LogP contribution in [0, 0.1) is 5.92 Å². The van der Waals surface area contributed by atoms with Gasteiger partial charge in [0, 0.05) is 32.6 Å². The quantitative estimate of drug-likeness (QED) is 0.687. The second kappa shape index (κ2) is 9.43. The summed E-state index contributed by atoms with van der Waals surface area (Å²) in [6, 6.07) is 21.1. The van der Waals surface area contributed by atoms with Gasteiger partial charge >= 0.3 is 5.97 Å². The maximum Gasteiger partial charge on any atom is 0.311 e. The van der Waals surface area contributed by atoms with Crippen LogP contribution in [0.3, 0.4) is 0 Å². The Bertz CT molecular complexity index is 810. The predicted octanol–water partition coefficient (Wildman–Crippen LogP) is 3.65. The zero-order valence-electron chi connectivity index (χ0n) is 17.6. The van der Waals surface area contributed by atoms with E-state index in [1.54, 1.807) is 0 Å². The fourth-order valence-corrected chi connectivity index (χ4v) is 4.52. The number of likely N-dealkylation sites (tertiary alicyclic amines) is 2. The number of benzene rings is 2. The molecule has 0 saturated carbocycles. The third-order valence-electron chi connectivity index (χ3n) is 6.16. The number of hydrogen-bond acceptors (Lipinski definition) is 4. The summed E-state index contributed by atoms with van der Waals surface area (Å²) in [4.78, 5) is 28.8. The van der Waals surface area contributed by atoms with Crippen LogP contribution in [0.1, 0.15) is 43.4 Å². The fraction of sp³-hybridized carbons (Fsp3) is 0.440. The molecule has 2 fully saturated rings. The molecule has 158 valence electrons. The molecule has 2 aromatic carbocycles. The molecule has 2 aliphatic heterocycles. The van der Waals surface area contributed by atoms with Crippen molar-refractivity contribution in [3.63, 3.8) is 0 Å². The lowest BCUT2D eigenvalue weighted by molar-refractivity contribution is -0.166. The Morgan fingerprint density at radius 1 is 0.967 bits per heavy atom. The van der Waals surface area contributed by atoms with E-state index in [0.29, 0.717) is 13.0 Å². The summed E-state index contributed by atoms with van der Waals surface area (Å²) < 4.78 is 5.82. The Kier molecular flexibility index (Phi) is 6.48. The third kappa shape index (κ3) is 4.57. The minimum Gasteiger partial charge on any atom is -0.459 e. The Morgan fingerprint density at radius 3 is 2.13 bits per heavy atom. The van der Waals surface area contributed by atoms with Crippen LogP contribution >= 0.6 is 0 Å². The summed E-state index contributed by atoms with van der Waals surface area (Å²) in [5, 5.41) is 0. The average molecular weight is 407 g/mol. The summed E-state index contributed by atoms with van der Waals surface area (Å²) in [6.45, 7) is 4.57. The number of ether oxygens (including phenoxy) is 1. The Hall–Kier alpha value is -2.66. The minimum absolute atomic E-state index is 0.0790. The molecule has 2 saturated heterocycles. The van der Waals surface area contributed by atoms with E-state index in [2.05, 4.69) is 53.4 Å². The van der Waals surface area contributed by atoms with Crippen molar-refractivity contribution in [2.45, 2.75) is 38.3 Å². The molecular weight excluding hydrogens is 376 g/mol. The molecule has 4 rings (SSSR count). The van der Waals surface area contributed by atoms with Gasteiger partial charge in [-0.1, -0.05) is 67.6 Å². The second-order valence-electron chi connectivity index (χ2n) is 8.27. The highest BCUT2D eigenvalue weighted by atomic mass is 16.5. The number of esters is 1. The van der Waals surface area contributed by atoms with Crippen molar-refractivity contribution in [1.82, 2.24) is 9.80 Å². The molecule has 5 heteroatoms. The summed E-state index contributed by atoms with van der Waals surface area (Å²) >= 11 is 0. The average Bonchev–Trinajstić information content (AvgIpc) is 2.78. The molecular formula is C25H30N2O3. The first kappa shape index (κ1) is 20.6. The standard InChI is InChI=1S/C25H30N2O3/c1-2-23(28)26-15-9-14-21(16-26)25(29)30-22-17-27(18-22)24(19-10-5-3-6-11-19)20-12-7-4-8-13-20/h3-8,10-13,21-22,24H,2,9,14-18H2,1H3. The van der Waals surface area contributed by atoms with E-state index in [4.69, 9.17) is 4.74 Å². The molecule has 2 aromatic rings. The van der Waals surface area contributed by atoms with Gasteiger partial charge in [0.15, 0.2) is 0 Å². The topological polar surface area (TPSA) is 49.9 Å². The molecule has 1 unspecified atom stereocenters. The smallest absolute Gasteiger partial charge is 0.311 e. The summed E-state index contributed by atoms with van der Waals surface area (Å²) in [6.07, 6.45) is 2.08. The monoisotopic (exact) mass is 406 g/mol. The molecule has 2 heterocycles. The van der Waals surface area contributed by atoms with Gasteiger partial charge in [0.25, 0.3) is 0 Å². The molecule has 2 aliphatic rings. The van der Waals surface area contributed by atoms with Gasteiger partial charge in [-0.15, -0.1) is 0 Å². The number of amides is 1. The van der Waals surface area contributed by atoms with Crippen molar-refractivity contribution in [3.8, 4) is 0 Å². The number of hydrogen-bond donors (Lipinski definition) is 0. The predicted molar refractivity (Wildman–Crippen MR) is 116 cm³/mol. The number of carbonyl (C=O) groups is 2. The van der Waals surface area contributed by atoms with E-state index in [0.717, 1.165) is 32.5 Å². The van der Waals surface area contributed by atoms with Crippen molar-refractivity contribution in [3.05, 3.63) is 71.8 Å². The van der Waals surface area contributed by atoms with Crippen LogP contribution in [0.25, 0.3) is 0 Å². The highest BCUT2D eigenvalue weighted by Crippen LogP contribution is 2.33.